The third-order valence-electron chi connectivity index (χ3n) is 3.99. The minimum atomic E-state index is 0.405. The van der Waals surface area contributed by atoms with Gasteiger partial charge in [-0.3, -0.25) is 4.98 Å². The van der Waals surface area contributed by atoms with Crippen LogP contribution in [0.15, 0.2) is 42.6 Å². The SMILES string of the molecule is Cc1cccnc1CNC1CCNCc2ccccc21. The summed E-state index contributed by atoms with van der Waals surface area (Å²) in [6, 6.07) is 13.2. The molecule has 2 N–H and O–H groups in total. The van der Waals surface area contributed by atoms with E-state index in [-0.39, 0.29) is 0 Å². The highest BCUT2D eigenvalue weighted by molar-refractivity contribution is 5.31. The van der Waals surface area contributed by atoms with Crippen molar-refractivity contribution in [3.8, 4) is 0 Å². The number of hydrogen-bond acceptors (Lipinski definition) is 3. The van der Waals surface area contributed by atoms with Gasteiger partial charge in [0.15, 0.2) is 0 Å². The molecule has 3 rings (SSSR count). The Bertz CT molecular complexity index is 580. The Kier molecular flexibility index (Phi) is 4.09. The van der Waals surface area contributed by atoms with E-state index in [9.17, 15) is 0 Å². The van der Waals surface area contributed by atoms with Crippen molar-refractivity contribution in [3.63, 3.8) is 0 Å². The van der Waals surface area contributed by atoms with Crippen LogP contribution >= 0.6 is 0 Å². The van der Waals surface area contributed by atoms with E-state index in [0.29, 0.717) is 6.04 Å². The van der Waals surface area contributed by atoms with Crippen LogP contribution in [0.5, 0.6) is 0 Å². The van der Waals surface area contributed by atoms with Gasteiger partial charge in [-0.05, 0) is 42.6 Å². The lowest BCUT2D eigenvalue weighted by Crippen LogP contribution is -2.23. The second kappa shape index (κ2) is 6.16. The minimum absolute atomic E-state index is 0.405. The molecule has 0 aliphatic carbocycles. The summed E-state index contributed by atoms with van der Waals surface area (Å²) in [5.41, 5.74) is 5.22. The van der Waals surface area contributed by atoms with Crippen molar-refractivity contribution in [1.82, 2.24) is 15.6 Å². The number of rotatable bonds is 3. The summed E-state index contributed by atoms with van der Waals surface area (Å²) in [5.74, 6) is 0. The molecule has 1 aliphatic heterocycles. The number of nitrogens with zero attached hydrogens (tertiary/aromatic N) is 1. The van der Waals surface area contributed by atoms with Crippen LogP contribution in [0.4, 0.5) is 0 Å². The molecule has 3 nitrogen and oxygen atoms in total. The molecule has 0 radical (unpaired) electrons. The molecule has 0 fully saturated rings. The summed E-state index contributed by atoms with van der Waals surface area (Å²) in [7, 11) is 0. The summed E-state index contributed by atoms with van der Waals surface area (Å²) in [5, 5.41) is 7.16. The van der Waals surface area contributed by atoms with Crippen molar-refractivity contribution in [3.05, 3.63) is 65.0 Å². The van der Waals surface area contributed by atoms with Crippen LogP contribution in [0.25, 0.3) is 0 Å². The first-order valence-corrected chi connectivity index (χ1v) is 7.27. The molecule has 2 aromatic rings. The molecule has 20 heavy (non-hydrogen) atoms. The maximum atomic E-state index is 4.46. The smallest absolute Gasteiger partial charge is 0.0570 e. The Morgan fingerprint density at radius 3 is 3.05 bits per heavy atom. The number of aryl methyl sites for hydroxylation is 1. The van der Waals surface area contributed by atoms with Gasteiger partial charge >= 0.3 is 0 Å². The van der Waals surface area contributed by atoms with Gasteiger partial charge in [0.2, 0.25) is 0 Å². The predicted octanol–water partition coefficient (Wildman–Crippen LogP) is 2.71. The van der Waals surface area contributed by atoms with Crippen molar-refractivity contribution in [2.24, 2.45) is 0 Å². The van der Waals surface area contributed by atoms with Gasteiger partial charge < -0.3 is 10.6 Å². The van der Waals surface area contributed by atoms with Gasteiger partial charge in [0.25, 0.3) is 0 Å². The fourth-order valence-corrected chi connectivity index (χ4v) is 2.80. The molecular weight excluding hydrogens is 246 g/mol. The number of fused-ring (bicyclic) bond motifs is 1. The third kappa shape index (κ3) is 2.89. The van der Waals surface area contributed by atoms with Crippen molar-refractivity contribution in [2.75, 3.05) is 6.54 Å². The maximum Gasteiger partial charge on any atom is 0.0570 e. The normalized spacial score (nSPS) is 18.4. The van der Waals surface area contributed by atoms with E-state index in [1.54, 1.807) is 0 Å². The van der Waals surface area contributed by atoms with E-state index < -0.39 is 0 Å². The Morgan fingerprint density at radius 1 is 1.25 bits per heavy atom. The number of benzene rings is 1. The van der Waals surface area contributed by atoms with Gasteiger partial charge in [-0.25, -0.2) is 0 Å². The Balaban J connectivity index is 1.76. The van der Waals surface area contributed by atoms with Crippen LogP contribution < -0.4 is 10.6 Å². The van der Waals surface area contributed by atoms with Crippen molar-refractivity contribution >= 4 is 0 Å². The second-order valence-corrected chi connectivity index (χ2v) is 5.36. The first-order chi connectivity index (χ1) is 9.84. The van der Waals surface area contributed by atoms with Crippen molar-refractivity contribution in [2.45, 2.75) is 32.5 Å². The molecule has 0 saturated carbocycles. The zero-order valence-corrected chi connectivity index (χ0v) is 11.9. The summed E-state index contributed by atoms with van der Waals surface area (Å²) in [6.45, 7) is 4.96. The van der Waals surface area contributed by atoms with Crippen molar-refractivity contribution < 1.29 is 0 Å². The molecule has 104 valence electrons. The predicted molar refractivity (Wildman–Crippen MR) is 81.3 cm³/mol. The van der Waals surface area contributed by atoms with Crippen molar-refractivity contribution in [1.29, 1.82) is 0 Å². The van der Waals surface area contributed by atoms with Crippen LogP contribution in [-0.2, 0) is 13.1 Å². The first-order valence-electron chi connectivity index (χ1n) is 7.27. The number of pyridine rings is 1. The van der Waals surface area contributed by atoms with Crippen LogP contribution in [0.2, 0.25) is 0 Å². The van der Waals surface area contributed by atoms with Gasteiger partial charge in [0.05, 0.1) is 5.69 Å². The topological polar surface area (TPSA) is 37.0 Å². The molecule has 3 heteroatoms. The van der Waals surface area contributed by atoms with Crippen LogP contribution in [0.3, 0.4) is 0 Å². The lowest BCUT2D eigenvalue weighted by Gasteiger charge is -2.19. The summed E-state index contributed by atoms with van der Waals surface area (Å²) in [6.07, 6.45) is 2.98. The highest BCUT2D eigenvalue weighted by atomic mass is 15.0. The summed E-state index contributed by atoms with van der Waals surface area (Å²) in [4.78, 5) is 4.46. The Labute approximate surface area is 120 Å². The molecule has 2 heterocycles. The molecular formula is C17H21N3. The fraction of sp³-hybridized carbons (Fsp3) is 0.353. The summed E-state index contributed by atoms with van der Waals surface area (Å²) < 4.78 is 0. The molecule has 1 aliphatic rings. The lowest BCUT2D eigenvalue weighted by molar-refractivity contribution is 0.491. The molecule has 0 amide bonds. The van der Waals surface area contributed by atoms with Gasteiger partial charge in [0.1, 0.15) is 0 Å². The van der Waals surface area contributed by atoms with Crippen LogP contribution in [0, 0.1) is 6.92 Å². The van der Waals surface area contributed by atoms with Crippen LogP contribution in [-0.4, -0.2) is 11.5 Å². The minimum Gasteiger partial charge on any atom is -0.313 e. The molecule has 0 saturated heterocycles. The average molecular weight is 267 g/mol. The molecule has 0 bridgehead atoms. The number of aromatic nitrogens is 1. The standard InChI is InChI=1S/C17H21N3/c1-13-5-4-9-19-17(13)12-20-16-8-10-18-11-14-6-2-3-7-15(14)16/h2-7,9,16,18,20H,8,10-12H2,1H3. The summed E-state index contributed by atoms with van der Waals surface area (Å²) >= 11 is 0. The fourth-order valence-electron chi connectivity index (χ4n) is 2.80. The number of nitrogens with one attached hydrogen (secondary N) is 2. The van der Waals surface area contributed by atoms with Gasteiger partial charge in [-0.2, -0.15) is 0 Å². The Hall–Kier alpha value is -1.71. The zero-order chi connectivity index (χ0) is 13.8. The quantitative estimate of drug-likeness (QED) is 0.898. The van der Waals surface area contributed by atoms with E-state index >= 15 is 0 Å². The van der Waals surface area contributed by atoms with Gasteiger partial charge in [-0.15, -0.1) is 0 Å². The van der Waals surface area contributed by atoms with E-state index in [4.69, 9.17) is 0 Å². The van der Waals surface area contributed by atoms with E-state index in [1.807, 2.05) is 12.3 Å². The third-order valence-corrected chi connectivity index (χ3v) is 3.99. The largest absolute Gasteiger partial charge is 0.313 e. The molecule has 1 unspecified atom stereocenters. The first kappa shape index (κ1) is 13.3. The number of hydrogen-bond donors (Lipinski definition) is 2. The molecule has 1 aromatic heterocycles. The molecule has 1 aromatic carbocycles. The van der Waals surface area contributed by atoms with Gasteiger partial charge in [0, 0.05) is 25.3 Å². The molecule has 1 atom stereocenters. The highest BCUT2D eigenvalue weighted by Gasteiger charge is 2.17. The lowest BCUT2D eigenvalue weighted by atomic mass is 9.99. The highest BCUT2D eigenvalue weighted by Crippen LogP contribution is 2.23. The average Bonchev–Trinajstić information content (AvgIpc) is 2.69. The van der Waals surface area contributed by atoms with Crippen LogP contribution in [0.1, 0.15) is 34.8 Å². The van der Waals surface area contributed by atoms with Gasteiger partial charge in [-0.1, -0.05) is 30.3 Å². The maximum absolute atomic E-state index is 4.46. The second-order valence-electron chi connectivity index (χ2n) is 5.36. The molecule has 0 spiro atoms. The van der Waals surface area contributed by atoms with E-state index in [1.165, 1.54) is 16.7 Å². The zero-order valence-electron chi connectivity index (χ0n) is 11.9. The Morgan fingerprint density at radius 2 is 2.15 bits per heavy atom. The monoisotopic (exact) mass is 267 g/mol. The van der Waals surface area contributed by atoms with E-state index in [2.05, 4.69) is 52.9 Å². The van der Waals surface area contributed by atoms with E-state index in [0.717, 1.165) is 31.7 Å².